The van der Waals surface area contributed by atoms with Crippen LogP contribution in [0.1, 0.15) is 73.5 Å². The molecule has 2 amide bonds. The molecule has 0 aliphatic heterocycles. The molecule has 2 unspecified atom stereocenters. The Balaban J connectivity index is 1.44. The lowest BCUT2D eigenvalue weighted by atomic mass is 10.0. The van der Waals surface area contributed by atoms with Gasteiger partial charge in [-0.15, -0.1) is 0 Å². The van der Waals surface area contributed by atoms with E-state index < -0.39 is 6.09 Å². The van der Waals surface area contributed by atoms with E-state index in [9.17, 15) is 19.5 Å². The molecule has 4 N–H and O–H groups in total. The first-order chi connectivity index (χ1) is 15.4. The van der Waals surface area contributed by atoms with Gasteiger partial charge < -0.3 is 20.5 Å². The summed E-state index contributed by atoms with van der Waals surface area (Å²) in [4.78, 5) is 35.2. The van der Waals surface area contributed by atoms with E-state index in [0.29, 0.717) is 31.4 Å². The first-order valence-corrected chi connectivity index (χ1v) is 10.9. The fourth-order valence-electron chi connectivity index (χ4n) is 3.96. The van der Waals surface area contributed by atoms with Gasteiger partial charge in [0.25, 0.3) is 0 Å². The van der Waals surface area contributed by atoms with E-state index in [-0.39, 0.29) is 41.7 Å². The molecule has 1 aliphatic rings. The fourth-order valence-corrected chi connectivity index (χ4v) is 3.96. The lowest BCUT2D eigenvalue weighted by Gasteiger charge is -2.14. The molecule has 2 atom stereocenters. The highest BCUT2D eigenvalue weighted by atomic mass is 16.6. The zero-order valence-corrected chi connectivity index (χ0v) is 18.4. The Kier molecular flexibility index (Phi) is 7.86. The van der Waals surface area contributed by atoms with Crippen LogP contribution in [-0.4, -0.2) is 45.7 Å². The monoisotopic (exact) mass is 442 g/mol. The smallest absolute Gasteiger partial charge is 0.407 e. The molecule has 3 rings (SSSR count). The van der Waals surface area contributed by atoms with Crippen LogP contribution in [0.25, 0.3) is 0 Å². The molecule has 2 aromatic rings. The number of carbonyl (C=O) groups excluding carboxylic acids is 3. The number of aromatic amines is 1. The highest BCUT2D eigenvalue weighted by Crippen LogP contribution is 2.35. The molecule has 1 aromatic carbocycles. The second-order valence-electron chi connectivity index (χ2n) is 8.41. The average Bonchev–Trinajstić information content (AvgIpc) is 3.37. The Morgan fingerprint density at radius 1 is 1.34 bits per heavy atom. The number of H-pyrrole nitrogens is 1. The number of amides is 2. The van der Waals surface area contributed by atoms with Gasteiger partial charge >= 0.3 is 6.09 Å². The van der Waals surface area contributed by atoms with Crippen molar-refractivity contribution in [1.29, 1.82) is 0 Å². The van der Waals surface area contributed by atoms with Crippen molar-refractivity contribution in [3.63, 3.8) is 0 Å². The first kappa shape index (κ1) is 23.3. The van der Waals surface area contributed by atoms with Crippen molar-refractivity contribution in [2.75, 3.05) is 5.32 Å². The Labute approximate surface area is 186 Å². The molecule has 0 spiro atoms. The van der Waals surface area contributed by atoms with Crippen molar-refractivity contribution in [1.82, 2.24) is 15.5 Å². The number of rotatable bonds is 9. The number of aryl methyl sites for hydroxylation is 1. The highest BCUT2D eigenvalue weighted by Gasteiger charge is 2.30. The van der Waals surface area contributed by atoms with Crippen LogP contribution in [0.2, 0.25) is 0 Å². The Morgan fingerprint density at radius 2 is 2.16 bits per heavy atom. The van der Waals surface area contributed by atoms with Gasteiger partial charge in [-0.1, -0.05) is 12.1 Å². The number of aromatic nitrogens is 2. The number of phenols is 1. The number of anilines is 1. The van der Waals surface area contributed by atoms with Gasteiger partial charge in [-0.25, -0.2) is 4.79 Å². The number of benzene rings is 1. The highest BCUT2D eigenvalue weighted by molar-refractivity contribution is 5.89. The van der Waals surface area contributed by atoms with Crippen LogP contribution in [-0.2, 0) is 16.0 Å². The van der Waals surface area contributed by atoms with Crippen molar-refractivity contribution < 1.29 is 24.2 Å². The van der Waals surface area contributed by atoms with Crippen molar-refractivity contribution in [3.8, 4) is 5.75 Å². The predicted molar refractivity (Wildman–Crippen MR) is 119 cm³/mol. The Bertz CT molecular complexity index is 956. The minimum absolute atomic E-state index is 0.0328. The van der Waals surface area contributed by atoms with E-state index in [4.69, 9.17) is 4.74 Å². The van der Waals surface area contributed by atoms with E-state index in [0.717, 1.165) is 24.1 Å². The molecule has 1 aliphatic carbocycles. The van der Waals surface area contributed by atoms with E-state index in [1.54, 1.807) is 12.1 Å². The van der Waals surface area contributed by atoms with Crippen LogP contribution in [0, 0.1) is 0 Å². The number of carbonyl (C=O) groups is 3. The third-order valence-corrected chi connectivity index (χ3v) is 5.51. The van der Waals surface area contributed by atoms with Crippen molar-refractivity contribution in [2.24, 2.45) is 0 Å². The molecular formula is C23H30N4O5. The molecule has 0 radical (unpaired) electrons. The lowest BCUT2D eigenvalue weighted by Crippen LogP contribution is -2.33. The van der Waals surface area contributed by atoms with Gasteiger partial charge in [0.15, 0.2) is 12.1 Å². The zero-order valence-electron chi connectivity index (χ0n) is 18.4. The fraction of sp³-hybridized carbons (Fsp3) is 0.478. The molecule has 1 fully saturated rings. The molecule has 172 valence electrons. The summed E-state index contributed by atoms with van der Waals surface area (Å²) in [5.41, 5.74) is 1.89. The number of hydrogen-bond donors (Lipinski definition) is 4. The maximum Gasteiger partial charge on any atom is 0.407 e. The van der Waals surface area contributed by atoms with Gasteiger partial charge in [-0.3, -0.25) is 14.7 Å². The average molecular weight is 443 g/mol. The Morgan fingerprint density at radius 3 is 2.91 bits per heavy atom. The number of aromatic hydroxyl groups is 1. The van der Waals surface area contributed by atoms with Gasteiger partial charge in [0.1, 0.15) is 11.9 Å². The third-order valence-electron chi connectivity index (χ3n) is 5.51. The Hall–Kier alpha value is -3.36. The van der Waals surface area contributed by atoms with Crippen molar-refractivity contribution >= 4 is 24.1 Å². The summed E-state index contributed by atoms with van der Waals surface area (Å²) in [5, 5.41) is 22.4. The van der Waals surface area contributed by atoms with Crippen molar-refractivity contribution in [3.05, 3.63) is 41.1 Å². The van der Waals surface area contributed by atoms with Gasteiger partial charge in [0.05, 0.1) is 5.56 Å². The second kappa shape index (κ2) is 10.8. The second-order valence-corrected chi connectivity index (χ2v) is 8.41. The maximum absolute atomic E-state index is 12.3. The van der Waals surface area contributed by atoms with Gasteiger partial charge in [0, 0.05) is 30.1 Å². The number of alkyl carbamates (subject to hydrolysis) is 1. The number of hydrogen-bond acceptors (Lipinski definition) is 6. The lowest BCUT2D eigenvalue weighted by molar-refractivity contribution is -0.116. The molecule has 32 heavy (non-hydrogen) atoms. The van der Waals surface area contributed by atoms with Gasteiger partial charge in [0.2, 0.25) is 5.91 Å². The molecule has 1 aromatic heterocycles. The molecule has 1 heterocycles. The van der Waals surface area contributed by atoms with Crippen LogP contribution in [0.15, 0.2) is 24.3 Å². The molecule has 9 heteroatoms. The summed E-state index contributed by atoms with van der Waals surface area (Å²) in [6.07, 6.45) is 3.79. The topological polar surface area (TPSA) is 133 Å². The number of ether oxygens (including phenoxy) is 1. The summed E-state index contributed by atoms with van der Waals surface area (Å²) in [6.45, 7) is 3.77. The third kappa shape index (κ3) is 6.32. The maximum atomic E-state index is 12.3. The minimum Gasteiger partial charge on any atom is -0.507 e. The first-order valence-electron chi connectivity index (χ1n) is 10.9. The normalized spacial score (nSPS) is 17.8. The molecule has 0 saturated heterocycles. The summed E-state index contributed by atoms with van der Waals surface area (Å²) < 4.78 is 5.46. The van der Waals surface area contributed by atoms with E-state index in [1.165, 1.54) is 6.07 Å². The number of nitrogens with one attached hydrogen (secondary N) is 3. The number of nitrogens with zero attached hydrogens (tertiary/aromatic N) is 1. The largest absolute Gasteiger partial charge is 0.507 e. The van der Waals surface area contributed by atoms with Crippen LogP contribution in [0.3, 0.4) is 0 Å². The summed E-state index contributed by atoms with van der Waals surface area (Å²) >= 11 is 0. The summed E-state index contributed by atoms with van der Waals surface area (Å²) in [5.74, 6) is 0.426. The van der Waals surface area contributed by atoms with E-state index in [2.05, 4.69) is 20.8 Å². The number of aldehydes is 1. The van der Waals surface area contributed by atoms with Crippen LogP contribution < -0.4 is 10.6 Å². The van der Waals surface area contributed by atoms with Crippen LogP contribution in [0.4, 0.5) is 10.6 Å². The molecule has 0 bridgehead atoms. The SMILES string of the molecule is CC(C)NC(=O)OC1CCC(c2cc(NC(=O)CCCc3cccc(O)c3C=O)n[nH]2)C1. The standard InChI is InChI=1S/C23H30N4O5/c1-14(2)24-23(31)32-17-10-9-16(11-17)19-12-21(27-26-19)25-22(30)8-4-6-15-5-3-7-20(29)18(15)13-28/h3,5,7,12-14,16-17,29H,4,6,8-11H2,1-2H3,(H,24,31)(H2,25,26,27,30). The van der Waals surface area contributed by atoms with Gasteiger partial charge in [-0.05, 0) is 57.6 Å². The summed E-state index contributed by atoms with van der Waals surface area (Å²) in [7, 11) is 0. The van der Waals surface area contributed by atoms with E-state index in [1.807, 2.05) is 19.9 Å². The quantitative estimate of drug-likeness (QED) is 0.438. The molecular weight excluding hydrogens is 412 g/mol. The van der Waals surface area contributed by atoms with Crippen LogP contribution >= 0.6 is 0 Å². The van der Waals surface area contributed by atoms with E-state index >= 15 is 0 Å². The minimum atomic E-state index is -0.394. The molecule has 9 nitrogen and oxygen atoms in total. The van der Waals surface area contributed by atoms with Gasteiger partial charge in [-0.2, -0.15) is 5.10 Å². The predicted octanol–water partition coefficient (Wildman–Crippen LogP) is 3.66. The number of phenolic OH excluding ortho intramolecular Hbond substituents is 1. The summed E-state index contributed by atoms with van der Waals surface area (Å²) in [6, 6.07) is 6.77. The van der Waals surface area contributed by atoms with Crippen LogP contribution in [0.5, 0.6) is 5.75 Å². The van der Waals surface area contributed by atoms with Crippen molar-refractivity contribution in [2.45, 2.75) is 70.4 Å². The zero-order chi connectivity index (χ0) is 23.1. The molecule has 1 saturated carbocycles.